The topological polar surface area (TPSA) is 97.0 Å². The molecule has 29 heavy (non-hydrogen) atoms. The predicted octanol–water partition coefficient (Wildman–Crippen LogP) is 2.55. The fourth-order valence-electron chi connectivity index (χ4n) is 3.30. The maximum Gasteiger partial charge on any atom is 0.262 e. The first-order valence-electron chi connectivity index (χ1n) is 9.48. The van der Waals surface area contributed by atoms with Crippen LogP contribution in [-0.4, -0.2) is 37.0 Å². The van der Waals surface area contributed by atoms with E-state index in [1.807, 2.05) is 6.92 Å². The van der Waals surface area contributed by atoms with E-state index in [0.717, 1.165) is 6.42 Å². The molecule has 1 atom stereocenters. The van der Waals surface area contributed by atoms with Crippen LogP contribution in [0.1, 0.15) is 19.8 Å². The largest absolute Gasteiger partial charge is 0.494 e. The van der Waals surface area contributed by atoms with Crippen molar-refractivity contribution in [3.8, 4) is 11.5 Å². The van der Waals surface area contributed by atoms with Crippen molar-refractivity contribution in [1.82, 2.24) is 0 Å². The summed E-state index contributed by atoms with van der Waals surface area (Å²) in [6, 6.07) is 11.4. The molecule has 0 saturated carbocycles. The Labute approximate surface area is 167 Å². The molecule has 2 aliphatic heterocycles. The first kappa shape index (κ1) is 18.8. The molecule has 0 bridgehead atoms. The number of carbonyl (C=O) groups excluding carboxylic acids is 3. The number of hydrogen-bond donors (Lipinski definition) is 2. The van der Waals surface area contributed by atoms with Gasteiger partial charge in [0.15, 0.2) is 6.61 Å². The zero-order valence-corrected chi connectivity index (χ0v) is 15.9. The average Bonchev–Trinajstić information content (AvgIpc) is 2.99. The van der Waals surface area contributed by atoms with Crippen LogP contribution >= 0.6 is 0 Å². The van der Waals surface area contributed by atoms with Crippen molar-refractivity contribution in [1.29, 1.82) is 0 Å². The molecule has 1 unspecified atom stereocenters. The van der Waals surface area contributed by atoms with Crippen LogP contribution in [0.2, 0.25) is 0 Å². The molecule has 0 radical (unpaired) electrons. The van der Waals surface area contributed by atoms with Gasteiger partial charge in [0, 0.05) is 5.69 Å². The molecule has 1 fully saturated rings. The van der Waals surface area contributed by atoms with Gasteiger partial charge in [0.1, 0.15) is 17.5 Å². The van der Waals surface area contributed by atoms with E-state index in [1.165, 1.54) is 4.90 Å². The van der Waals surface area contributed by atoms with Crippen molar-refractivity contribution in [2.24, 2.45) is 0 Å². The number of benzene rings is 2. The Morgan fingerprint density at radius 1 is 1.17 bits per heavy atom. The van der Waals surface area contributed by atoms with E-state index in [1.54, 1.807) is 42.5 Å². The zero-order chi connectivity index (χ0) is 20.4. The molecular formula is C21H21N3O5. The maximum atomic E-state index is 12.8. The van der Waals surface area contributed by atoms with Gasteiger partial charge in [-0.3, -0.25) is 14.4 Å². The number of ether oxygens (including phenoxy) is 2. The van der Waals surface area contributed by atoms with E-state index < -0.39 is 6.04 Å². The van der Waals surface area contributed by atoms with Crippen LogP contribution in [0, 0.1) is 0 Å². The van der Waals surface area contributed by atoms with Gasteiger partial charge in [-0.05, 0) is 48.9 Å². The third kappa shape index (κ3) is 3.87. The molecule has 0 aliphatic carbocycles. The number of anilines is 3. The summed E-state index contributed by atoms with van der Waals surface area (Å²) in [6.45, 7) is 2.61. The predicted molar refractivity (Wildman–Crippen MR) is 107 cm³/mol. The zero-order valence-electron chi connectivity index (χ0n) is 15.9. The summed E-state index contributed by atoms with van der Waals surface area (Å²) < 4.78 is 10.9. The van der Waals surface area contributed by atoms with Crippen molar-refractivity contribution < 1.29 is 23.9 Å². The monoisotopic (exact) mass is 395 g/mol. The minimum absolute atomic E-state index is 0.0212. The maximum absolute atomic E-state index is 12.8. The Morgan fingerprint density at radius 2 is 1.97 bits per heavy atom. The van der Waals surface area contributed by atoms with E-state index >= 15 is 0 Å². The highest BCUT2D eigenvalue weighted by atomic mass is 16.5. The summed E-state index contributed by atoms with van der Waals surface area (Å²) in [5.74, 6) is 0.428. The summed E-state index contributed by atoms with van der Waals surface area (Å²) in [5, 5.41) is 5.80. The van der Waals surface area contributed by atoms with E-state index in [2.05, 4.69) is 10.6 Å². The lowest BCUT2D eigenvalue weighted by Gasteiger charge is -2.20. The average molecular weight is 395 g/mol. The Hall–Kier alpha value is -3.55. The number of imide groups is 1. The Kier molecular flexibility index (Phi) is 5.07. The first-order valence-corrected chi connectivity index (χ1v) is 9.48. The fraction of sp³-hybridized carbons (Fsp3) is 0.286. The molecule has 2 aromatic rings. The number of nitrogens with one attached hydrogen (secondary N) is 2. The van der Waals surface area contributed by atoms with E-state index in [4.69, 9.17) is 9.47 Å². The Balaban J connectivity index is 1.47. The third-order valence-corrected chi connectivity index (χ3v) is 4.67. The second-order valence-corrected chi connectivity index (χ2v) is 6.86. The van der Waals surface area contributed by atoms with Gasteiger partial charge >= 0.3 is 0 Å². The number of amides is 3. The van der Waals surface area contributed by atoms with Crippen LogP contribution in [0.4, 0.5) is 17.1 Å². The molecule has 8 nitrogen and oxygen atoms in total. The van der Waals surface area contributed by atoms with Crippen molar-refractivity contribution in [2.75, 3.05) is 28.7 Å². The van der Waals surface area contributed by atoms with Crippen molar-refractivity contribution >= 4 is 34.8 Å². The van der Waals surface area contributed by atoms with Crippen LogP contribution in [0.3, 0.4) is 0 Å². The number of nitrogens with zero attached hydrogens (tertiary/aromatic N) is 1. The van der Waals surface area contributed by atoms with Gasteiger partial charge in [0.25, 0.3) is 11.8 Å². The standard InChI is InChI=1S/C21H21N3O5/c1-2-9-28-15-6-4-14(5-7-15)24-20(26)11-17(21(24)27)22-13-3-8-18-16(10-13)23-19(25)12-29-18/h3-8,10,17,22H,2,9,11-12H2,1H3,(H,23,25). The minimum Gasteiger partial charge on any atom is -0.494 e. The molecule has 0 aromatic heterocycles. The molecule has 2 N–H and O–H groups in total. The fourth-order valence-corrected chi connectivity index (χ4v) is 3.30. The molecule has 150 valence electrons. The van der Waals surface area contributed by atoms with E-state index in [0.29, 0.717) is 35.2 Å². The number of carbonyl (C=O) groups is 3. The molecule has 3 amide bonds. The van der Waals surface area contributed by atoms with Gasteiger partial charge in [-0.2, -0.15) is 0 Å². The van der Waals surface area contributed by atoms with Gasteiger partial charge in [-0.15, -0.1) is 0 Å². The summed E-state index contributed by atoms with van der Waals surface area (Å²) in [5.41, 5.74) is 1.66. The molecule has 2 aliphatic rings. The summed E-state index contributed by atoms with van der Waals surface area (Å²) in [7, 11) is 0. The molecule has 4 rings (SSSR count). The minimum atomic E-state index is -0.684. The van der Waals surface area contributed by atoms with Gasteiger partial charge in [0.2, 0.25) is 5.91 Å². The lowest BCUT2D eigenvalue weighted by Crippen LogP contribution is -2.34. The van der Waals surface area contributed by atoms with Gasteiger partial charge in [-0.1, -0.05) is 6.92 Å². The molecule has 0 spiro atoms. The SMILES string of the molecule is CCCOc1ccc(N2C(=O)CC(Nc3ccc4c(c3)NC(=O)CO4)C2=O)cc1. The number of hydrogen-bond acceptors (Lipinski definition) is 6. The highest BCUT2D eigenvalue weighted by Gasteiger charge is 2.39. The lowest BCUT2D eigenvalue weighted by atomic mass is 10.2. The highest BCUT2D eigenvalue weighted by Crippen LogP contribution is 2.32. The third-order valence-electron chi connectivity index (χ3n) is 4.67. The van der Waals surface area contributed by atoms with Gasteiger partial charge < -0.3 is 20.1 Å². The van der Waals surface area contributed by atoms with Crippen LogP contribution in [0.25, 0.3) is 0 Å². The number of fused-ring (bicyclic) bond motifs is 1. The van der Waals surface area contributed by atoms with Crippen LogP contribution < -0.4 is 25.0 Å². The lowest BCUT2D eigenvalue weighted by molar-refractivity contribution is -0.121. The first-order chi connectivity index (χ1) is 14.0. The Bertz CT molecular complexity index is 957. The number of rotatable bonds is 6. The second kappa shape index (κ2) is 7.83. The van der Waals surface area contributed by atoms with Crippen LogP contribution in [0.15, 0.2) is 42.5 Å². The quantitative estimate of drug-likeness (QED) is 0.730. The molecule has 2 aromatic carbocycles. The molecular weight excluding hydrogens is 374 g/mol. The van der Waals surface area contributed by atoms with E-state index in [9.17, 15) is 14.4 Å². The summed E-state index contributed by atoms with van der Waals surface area (Å²) in [4.78, 5) is 38.0. The smallest absolute Gasteiger partial charge is 0.262 e. The molecule has 8 heteroatoms. The second-order valence-electron chi connectivity index (χ2n) is 6.86. The van der Waals surface area contributed by atoms with Crippen LogP contribution in [0.5, 0.6) is 11.5 Å². The molecule has 1 saturated heterocycles. The van der Waals surface area contributed by atoms with E-state index in [-0.39, 0.29) is 30.7 Å². The summed E-state index contributed by atoms with van der Waals surface area (Å²) in [6.07, 6.45) is 0.948. The van der Waals surface area contributed by atoms with Crippen molar-refractivity contribution in [2.45, 2.75) is 25.8 Å². The van der Waals surface area contributed by atoms with Crippen LogP contribution in [-0.2, 0) is 14.4 Å². The molecule has 2 heterocycles. The summed E-state index contributed by atoms with van der Waals surface area (Å²) >= 11 is 0. The normalized spacial score (nSPS) is 18.2. The van der Waals surface area contributed by atoms with Crippen molar-refractivity contribution in [3.63, 3.8) is 0 Å². The Morgan fingerprint density at radius 3 is 2.72 bits per heavy atom. The van der Waals surface area contributed by atoms with Gasteiger partial charge in [-0.25, -0.2) is 4.90 Å². The van der Waals surface area contributed by atoms with Gasteiger partial charge in [0.05, 0.1) is 24.4 Å². The van der Waals surface area contributed by atoms with Crippen molar-refractivity contribution in [3.05, 3.63) is 42.5 Å². The highest BCUT2D eigenvalue weighted by molar-refractivity contribution is 6.23.